The number of hydrogen-bond acceptors (Lipinski definition) is 2. The quantitative estimate of drug-likeness (QED) is 0.796. The largest absolute Gasteiger partial charge is 0.344 e. The van der Waals surface area contributed by atoms with Crippen molar-refractivity contribution >= 4 is 21.7 Å². The summed E-state index contributed by atoms with van der Waals surface area (Å²) < 4.78 is 1.11. The summed E-state index contributed by atoms with van der Waals surface area (Å²) in [5.74, 6) is 1.09. The number of aryl methyl sites for hydroxylation is 1. The first kappa shape index (κ1) is 9.93. The lowest BCUT2D eigenvalue weighted by Gasteiger charge is -2.27. The SMILES string of the molecule is Cc1cnc(N2CC[NH2+]CC2)c(Br)c1. The molecule has 1 aliphatic heterocycles. The van der Waals surface area contributed by atoms with E-state index < -0.39 is 0 Å². The molecule has 2 N–H and O–H groups in total. The zero-order chi connectivity index (χ0) is 9.97. The molecule has 1 saturated heterocycles. The molecule has 76 valence electrons. The zero-order valence-electron chi connectivity index (χ0n) is 8.33. The van der Waals surface area contributed by atoms with Crippen molar-refractivity contribution in [1.82, 2.24) is 4.98 Å². The molecule has 2 heterocycles. The van der Waals surface area contributed by atoms with E-state index in [9.17, 15) is 0 Å². The molecule has 0 amide bonds. The summed E-state index contributed by atoms with van der Waals surface area (Å²) in [7, 11) is 0. The van der Waals surface area contributed by atoms with Gasteiger partial charge in [0.05, 0.1) is 30.7 Å². The Morgan fingerprint density at radius 2 is 2.14 bits per heavy atom. The first-order valence-corrected chi connectivity index (χ1v) is 5.75. The van der Waals surface area contributed by atoms with Gasteiger partial charge < -0.3 is 10.2 Å². The average Bonchev–Trinajstić information content (AvgIpc) is 2.19. The first-order chi connectivity index (χ1) is 6.77. The third-order valence-electron chi connectivity index (χ3n) is 2.46. The summed E-state index contributed by atoms with van der Waals surface area (Å²) in [5, 5.41) is 2.35. The zero-order valence-corrected chi connectivity index (χ0v) is 9.92. The van der Waals surface area contributed by atoms with Gasteiger partial charge in [-0.2, -0.15) is 0 Å². The number of rotatable bonds is 1. The maximum atomic E-state index is 4.47. The van der Waals surface area contributed by atoms with E-state index in [0.717, 1.165) is 23.4 Å². The summed E-state index contributed by atoms with van der Waals surface area (Å²) in [6, 6.07) is 2.13. The number of anilines is 1. The summed E-state index contributed by atoms with van der Waals surface area (Å²) in [4.78, 5) is 6.80. The molecule has 1 fully saturated rings. The molecule has 1 aliphatic rings. The molecule has 3 nitrogen and oxygen atoms in total. The molecule has 14 heavy (non-hydrogen) atoms. The Labute approximate surface area is 92.6 Å². The van der Waals surface area contributed by atoms with Gasteiger partial charge in [0.25, 0.3) is 0 Å². The monoisotopic (exact) mass is 256 g/mol. The number of nitrogens with zero attached hydrogens (tertiary/aromatic N) is 2. The maximum Gasteiger partial charge on any atom is 0.143 e. The van der Waals surface area contributed by atoms with E-state index in [1.54, 1.807) is 0 Å². The van der Waals surface area contributed by atoms with Gasteiger partial charge >= 0.3 is 0 Å². The lowest BCUT2D eigenvalue weighted by molar-refractivity contribution is -0.655. The minimum Gasteiger partial charge on any atom is -0.344 e. The fourth-order valence-corrected chi connectivity index (χ4v) is 2.44. The molecule has 0 aliphatic carbocycles. The second kappa shape index (κ2) is 4.28. The number of pyridine rings is 1. The van der Waals surface area contributed by atoms with Gasteiger partial charge in [-0.1, -0.05) is 0 Å². The van der Waals surface area contributed by atoms with Gasteiger partial charge in [0.1, 0.15) is 5.82 Å². The highest BCUT2D eigenvalue weighted by Crippen LogP contribution is 2.24. The number of aromatic nitrogens is 1. The lowest BCUT2D eigenvalue weighted by Crippen LogP contribution is -2.89. The van der Waals surface area contributed by atoms with Gasteiger partial charge in [0.2, 0.25) is 0 Å². The van der Waals surface area contributed by atoms with E-state index in [1.807, 2.05) is 6.20 Å². The van der Waals surface area contributed by atoms with E-state index >= 15 is 0 Å². The van der Waals surface area contributed by atoms with Crippen molar-refractivity contribution < 1.29 is 5.32 Å². The van der Waals surface area contributed by atoms with Crippen LogP contribution in [-0.2, 0) is 0 Å². The molecular weight excluding hydrogens is 242 g/mol. The number of halogens is 1. The Kier molecular flexibility index (Phi) is 3.03. The highest BCUT2D eigenvalue weighted by Gasteiger charge is 2.15. The average molecular weight is 257 g/mol. The van der Waals surface area contributed by atoms with Crippen molar-refractivity contribution in [1.29, 1.82) is 0 Å². The topological polar surface area (TPSA) is 32.7 Å². The van der Waals surface area contributed by atoms with E-state index in [1.165, 1.54) is 18.7 Å². The molecular formula is C10H15BrN3+. The summed E-state index contributed by atoms with van der Waals surface area (Å²) in [6.07, 6.45) is 1.93. The molecule has 0 unspecified atom stereocenters. The van der Waals surface area contributed by atoms with Crippen LogP contribution in [0.2, 0.25) is 0 Å². The van der Waals surface area contributed by atoms with E-state index in [-0.39, 0.29) is 0 Å². The molecule has 1 aromatic rings. The highest BCUT2D eigenvalue weighted by molar-refractivity contribution is 9.10. The number of quaternary nitrogens is 1. The van der Waals surface area contributed by atoms with Crippen molar-refractivity contribution in [2.45, 2.75) is 6.92 Å². The van der Waals surface area contributed by atoms with Crippen molar-refractivity contribution in [3.05, 3.63) is 22.3 Å². The van der Waals surface area contributed by atoms with E-state index in [0.29, 0.717) is 0 Å². The fraction of sp³-hybridized carbons (Fsp3) is 0.500. The van der Waals surface area contributed by atoms with Crippen LogP contribution >= 0.6 is 15.9 Å². The minimum atomic E-state index is 1.09. The molecule has 2 rings (SSSR count). The molecule has 0 saturated carbocycles. The van der Waals surface area contributed by atoms with Crippen LogP contribution < -0.4 is 10.2 Å². The van der Waals surface area contributed by atoms with E-state index in [4.69, 9.17) is 0 Å². The normalized spacial score (nSPS) is 17.1. The van der Waals surface area contributed by atoms with Crippen LogP contribution in [0.3, 0.4) is 0 Å². The molecule has 0 radical (unpaired) electrons. The third kappa shape index (κ3) is 2.07. The van der Waals surface area contributed by atoms with Crippen molar-refractivity contribution in [2.75, 3.05) is 31.1 Å². The number of hydrogen-bond donors (Lipinski definition) is 1. The van der Waals surface area contributed by atoms with Gasteiger partial charge in [0.15, 0.2) is 0 Å². The third-order valence-corrected chi connectivity index (χ3v) is 3.05. The van der Waals surface area contributed by atoms with Crippen molar-refractivity contribution in [2.24, 2.45) is 0 Å². The Bertz CT molecular complexity index is 321. The van der Waals surface area contributed by atoms with Crippen LogP contribution in [0.5, 0.6) is 0 Å². The summed E-state index contributed by atoms with van der Waals surface area (Å²) >= 11 is 3.57. The van der Waals surface area contributed by atoms with Gasteiger partial charge in [-0.3, -0.25) is 0 Å². The molecule has 0 bridgehead atoms. The summed E-state index contributed by atoms with van der Waals surface area (Å²) in [6.45, 7) is 6.58. The van der Waals surface area contributed by atoms with Crippen LogP contribution in [0.25, 0.3) is 0 Å². The van der Waals surface area contributed by atoms with Crippen molar-refractivity contribution in [3.63, 3.8) is 0 Å². The van der Waals surface area contributed by atoms with Crippen LogP contribution in [-0.4, -0.2) is 31.2 Å². The summed E-state index contributed by atoms with van der Waals surface area (Å²) in [5.41, 5.74) is 1.20. The number of nitrogens with two attached hydrogens (primary N) is 1. The van der Waals surface area contributed by atoms with E-state index in [2.05, 4.69) is 44.1 Å². The predicted molar refractivity (Wildman–Crippen MR) is 60.5 cm³/mol. The predicted octanol–water partition coefficient (Wildman–Crippen LogP) is 0.536. The fourth-order valence-electron chi connectivity index (χ4n) is 1.72. The second-order valence-corrected chi connectivity index (χ2v) is 4.53. The van der Waals surface area contributed by atoms with Crippen LogP contribution in [0, 0.1) is 6.92 Å². The van der Waals surface area contributed by atoms with Gasteiger partial charge in [0, 0.05) is 6.20 Å². The van der Waals surface area contributed by atoms with Crippen molar-refractivity contribution in [3.8, 4) is 0 Å². The smallest absolute Gasteiger partial charge is 0.143 e. The van der Waals surface area contributed by atoms with Crippen LogP contribution in [0.4, 0.5) is 5.82 Å². The number of piperazine rings is 1. The van der Waals surface area contributed by atoms with Crippen LogP contribution in [0.15, 0.2) is 16.7 Å². The molecule has 0 atom stereocenters. The lowest BCUT2D eigenvalue weighted by atomic mass is 10.3. The molecule has 1 aromatic heterocycles. The molecule has 0 spiro atoms. The van der Waals surface area contributed by atoms with Gasteiger partial charge in [-0.05, 0) is 34.5 Å². The molecule has 0 aromatic carbocycles. The highest BCUT2D eigenvalue weighted by atomic mass is 79.9. The Hall–Kier alpha value is -0.610. The van der Waals surface area contributed by atoms with Gasteiger partial charge in [-0.25, -0.2) is 4.98 Å². The maximum absolute atomic E-state index is 4.47. The van der Waals surface area contributed by atoms with Gasteiger partial charge in [-0.15, -0.1) is 0 Å². The first-order valence-electron chi connectivity index (χ1n) is 4.96. The second-order valence-electron chi connectivity index (χ2n) is 3.67. The van der Waals surface area contributed by atoms with Crippen LogP contribution in [0.1, 0.15) is 5.56 Å². The Balaban J connectivity index is 2.22. The standard InChI is InChI=1S/C10H14BrN3/c1-8-6-9(11)10(13-7-8)14-4-2-12-3-5-14/h6-7,12H,2-5H2,1H3/p+1. The molecule has 4 heteroatoms. The Morgan fingerprint density at radius 1 is 1.43 bits per heavy atom. The Morgan fingerprint density at radius 3 is 2.79 bits per heavy atom. The minimum absolute atomic E-state index is 1.09.